The zero-order valence-corrected chi connectivity index (χ0v) is 26.7. The lowest BCUT2D eigenvalue weighted by molar-refractivity contribution is -0.137. The van der Waals surface area contributed by atoms with Crippen LogP contribution in [0.15, 0.2) is 76.6 Å². The predicted octanol–water partition coefficient (Wildman–Crippen LogP) is 8.02. The van der Waals surface area contributed by atoms with Crippen LogP contribution in [0.4, 0.5) is 18.9 Å². The van der Waals surface area contributed by atoms with Crippen LogP contribution in [-0.4, -0.2) is 22.0 Å². The Labute approximate surface area is 278 Å². The molecule has 4 aliphatic rings. The van der Waals surface area contributed by atoms with E-state index in [0.717, 1.165) is 38.3 Å². The Morgan fingerprint density at radius 1 is 0.913 bits per heavy atom. The molecule has 46 heavy (non-hydrogen) atoms. The summed E-state index contributed by atoms with van der Waals surface area (Å²) in [4.78, 5) is 45.0. The number of thioether (sulfide) groups is 1. The molecule has 3 aromatic carbocycles. The molecule has 2 aliphatic carbocycles. The van der Waals surface area contributed by atoms with Gasteiger partial charge in [-0.05, 0) is 72.2 Å². The highest BCUT2D eigenvalue weighted by atomic mass is 35.5. The van der Waals surface area contributed by atoms with E-state index in [-0.39, 0.29) is 40.4 Å². The average Bonchev–Trinajstić information content (AvgIpc) is 3.75. The van der Waals surface area contributed by atoms with Crippen molar-refractivity contribution in [3.05, 3.63) is 108 Å². The fourth-order valence-corrected chi connectivity index (χ4v) is 11.3. The second-order valence-electron chi connectivity index (χ2n) is 12.1. The Morgan fingerprint density at radius 2 is 1.61 bits per heavy atom. The highest BCUT2D eigenvalue weighted by Crippen LogP contribution is 2.69. The number of aromatic nitrogens is 1. The van der Waals surface area contributed by atoms with Crippen molar-refractivity contribution in [2.45, 2.75) is 35.4 Å². The number of ether oxygens (including phenoxy) is 1. The van der Waals surface area contributed by atoms with Crippen LogP contribution < -0.4 is 14.5 Å². The number of hydrogen-bond donors (Lipinski definition) is 1. The number of para-hydroxylation sites is 1. The molecule has 2 amide bonds. The second-order valence-corrected chi connectivity index (χ2v) is 15.2. The third-order valence-electron chi connectivity index (χ3n) is 9.79. The zero-order valence-electron chi connectivity index (χ0n) is 23.6. The van der Waals surface area contributed by atoms with Gasteiger partial charge in [-0.3, -0.25) is 14.4 Å². The third kappa shape index (κ3) is 4.64. The molecule has 5 unspecified atom stereocenters. The summed E-state index contributed by atoms with van der Waals surface area (Å²) in [7, 11) is 0. The van der Waals surface area contributed by atoms with E-state index in [0.29, 0.717) is 27.2 Å². The van der Waals surface area contributed by atoms with Crippen LogP contribution in [0.2, 0.25) is 10.0 Å². The molecule has 3 fully saturated rings. The number of carbonyl (C=O) groups is 2. The Morgan fingerprint density at radius 3 is 2.35 bits per heavy atom. The molecule has 6 nitrogen and oxygen atoms in total. The molecule has 2 aliphatic heterocycles. The normalized spacial score (nSPS) is 27.9. The molecule has 0 radical (unpaired) electrons. The number of hydrogen-bond acceptors (Lipinski definition) is 6. The fourth-order valence-electron chi connectivity index (χ4n) is 8.15. The summed E-state index contributed by atoms with van der Waals surface area (Å²) in [5.74, 6) is -3.27. The third-order valence-corrected chi connectivity index (χ3v) is 12.9. The van der Waals surface area contributed by atoms with Crippen LogP contribution in [0, 0.1) is 29.6 Å². The number of alkyl halides is 3. The zero-order chi connectivity index (χ0) is 32.1. The van der Waals surface area contributed by atoms with E-state index >= 15 is 0 Å². The first kappa shape index (κ1) is 30.1. The number of anilines is 1. The SMILES string of the molecule is O=C1C2C(C(=O)N1c1ccccc1C(F)(F)F)[C@@H]1C[C@H]2C2Sc3[nH]c(=O)sc3C(c3cc(Cl)ccc3OCc3ccc(Cl)cc3)C21. The number of nitrogens with one attached hydrogen (secondary N) is 1. The van der Waals surface area contributed by atoms with Gasteiger partial charge in [0.2, 0.25) is 11.8 Å². The molecule has 0 spiro atoms. The van der Waals surface area contributed by atoms with Gasteiger partial charge >= 0.3 is 11.0 Å². The molecule has 1 aromatic heterocycles. The van der Waals surface area contributed by atoms with Gasteiger partial charge in [-0.1, -0.05) is 58.8 Å². The minimum atomic E-state index is -4.74. The van der Waals surface area contributed by atoms with Gasteiger partial charge in [0.05, 0.1) is 28.1 Å². The molecule has 2 saturated carbocycles. The topological polar surface area (TPSA) is 79.5 Å². The maximum atomic E-state index is 14.1. The largest absolute Gasteiger partial charge is 0.489 e. The number of nitrogens with zero attached hydrogens (tertiary/aromatic N) is 1. The summed E-state index contributed by atoms with van der Waals surface area (Å²) in [5, 5.41) is 1.61. The van der Waals surface area contributed by atoms with Gasteiger partial charge in [0.25, 0.3) is 0 Å². The first-order chi connectivity index (χ1) is 22.0. The van der Waals surface area contributed by atoms with Crippen molar-refractivity contribution in [1.29, 1.82) is 0 Å². The van der Waals surface area contributed by atoms with Crippen LogP contribution in [0.5, 0.6) is 5.75 Å². The van der Waals surface area contributed by atoms with Crippen LogP contribution in [0.25, 0.3) is 0 Å². The van der Waals surface area contributed by atoms with Crippen molar-refractivity contribution in [2.75, 3.05) is 4.90 Å². The number of rotatable bonds is 5. The number of fused-ring (bicyclic) bond motifs is 9. The van der Waals surface area contributed by atoms with E-state index in [1.54, 1.807) is 24.3 Å². The quantitative estimate of drug-likeness (QED) is 0.213. The number of aromatic amines is 1. The molecule has 8 rings (SSSR count). The molecule has 4 aromatic rings. The lowest BCUT2D eigenvalue weighted by Gasteiger charge is -2.43. The molecular formula is C33H23Cl2F3N2O4S2. The molecule has 1 N–H and O–H groups in total. The summed E-state index contributed by atoms with van der Waals surface area (Å²) >= 11 is 15.2. The number of thiazole rings is 1. The number of amides is 2. The van der Waals surface area contributed by atoms with Crippen LogP contribution in [0.3, 0.4) is 0 Å². The van der Waals surface area contributed by atoms with E-state index < -0.39 is 41.1 Å². The van der Waals surface area contributed by atoms with E-state index in [2.05, 4.69) is 4.98 Å². The van der Waals surface area contributed by atoms with Gasteiger partial charge in [0.1, 0.15) is 12.4 Å². The Balaban J connectivity index is 1.20. The van der Waals surface area contributed by atoms with Crippen molar-refractivity contribution in [2.24, 2.45) is 29.6 Å². The van der Waals surface area contributed by atoms with Crippen molar-refractivity contribution < 1.29 is 27.5 Å². The standard InChI is InChI=1S/C33H23Cl2F3N2O4S2/c34-15-7-5-14(6-8-15)13-44-22-10-9-16(35)11-17(22)23-24-18-12-19(27(24)45-29-28(23)46-32(43)39-29)26-25(18)30(41)40(31(26)42)21-4-2-1-3-20(21)33(36,37)38/h1-11,18-19,23-27H,12-13H2,(H,39,43)/t18-,19-,23?,24?,25?,26?,27?/m1/s1. The predicted molar refractivity (Wildman–Crippen MR) is 170 cm³/mol. The van der Waals surface area contributed by atoms with Gasteiger partial charge in [0.15, 0.2) is 0 Å². The minimum absolute atomic E-state index is 0.161. The summed E-state index contributed by atoms with van der Waals surface area (Å²) in [6.45, 7) is 0.245. The second kappa shape index (κ2) is 10.9. The van der Waals surface area contributed by atoms with Crippen LogP contribution >= 0.6 is 46.3 Å². The Hall–Kier alpha value is -3.25. The number of imide groups is 1. The van der Waals surface area contributed by atoms with Gasteiger partial charge in [-0.15, -0.1) is 11.8 Å². The number of halogens is 5. The van der Waals surface area contributed by atoms with Crippen molar-refractivity contribution in [3.8, 4) is 5.75 Å². The van der Waals surface area contributed by atoms with Crippen LogP contribution in [-0.2, 0) is 22.4 Å². The molecule has 2 bridgehead atoms. The van der Waals surface area contributed by atoms with Gasteiger partial charge in [-0.2, -0.15) is 13.2 Å². The molecule has 13 heteroatoms. The van der Waals surface area contributed by atoms with E-state index in [4.69, 9.17) is 27.9 Å². The van der Waals surface area contributed by atoms with Crippen molar-refractivity contribution >= 4 is 63.8 Å². The van der Waals surface area contributed by atoms with Crippen molar-refractivity contribution in [3.63, 3.8) is 0 Å². The monoisotopic (exact) mass is 702 g/mol. The number of carbonyl (C=O) groups excluding carboxylic acids is 2. The lowest BCUT2D eigenvalue weighted by Crippen LogP contribution is -2.42. The summed E-state index contributed by atoms with van der Waals surface area (Å²) < 4.78 is 48.3. The first-order valence-electron chi connectivity index (χ1n) is 14.6. The summed E-state index contributed by atoms with van der Waals surface area (Å²) in [5.41, 5.74) is 0.205. The average molecular weight is 704 g/mol. The van der Waals surface area contributed by atoms with Crippen LogP contribution in [0.1, 0.15) is 33.9 Å². The van der Waals surface area contributed by atoms with E-state index in [9.17, 15) is 27.6 Å². The number of benzene rings is 3. The maximum Gasteiger partial charge on any atom is 0.418 e. The molecular weight excluding hydrogens is 680 g/mol. The summed E-state index contributed by atoms with van der Waals surface area (Å²) in [6, 6.07) is 17.3. The molecule has 1 saturated heterocycles. The number of H-pyrrole nitrogens is 1. The first-order valence-corrected chi connectivity index (χ1v) is 17.1. The molecule has 236 valence electrons. The Bertz CT molecular complexity index is 1960. The van der Waals surface area contributed by atoms with Crippen molar-refractivity contribution in [1.82, 2.24) is 4.98 Å². The Kier molecular flexibility index (Phi) is 7.13. The lowest BCUT2D eigenvalue weighted by atomic mass is 9.68. The van der Waals surface area contributed by atoms with Gasteiger partial charge < -0.3 is 9.72 Å². The molecule has 3 heterocycles. The highest BCUT2D eigenvalue weighted by molar-refractivity contribution is 8.00. The highest BCUT2D eigenvalue weighted by Gasteiger charge is 2.70. The smallest absolute Gasteiger partial charge is 0.418 e. The summed E-state index contributed by atoms with van der Waals surface area (Å²) in [6.07, 6.45) is -4.15. The van der Waals surface area contributed by atoms with E-state index in [1.165, 1.54) is 30.0 Å². The minimum Gasteiger partial charge on any atom is -0.489 e. The van der Waals surface area contributed by atoms with Gasteiger partial charge in [-0.25, -0.2) is 4.90 Å². The fraction of sp³-hybridized carbons (Fsp3) is 0.303. The maximum absolute atomic E-state index is 14.1. The molecule has 7 atom stereocenters. The van der Waals surface area contributed by atoms with Gasteiger partial charge in [0, 0.05) is 31.7 Å². The van der Waals surface area contributed by atoms with E-state index in [1.807, 2.05) is 18.2 Å².